The molecule has 0 heterocycles. The second-order valence-electron chi connectivity index (χ2n) is 2.61. The summed E-state index contributed by atoms with van der Waals surface area (Å²) < 4.78 is 0. The van der Waals surface area contributed by atoms with Crippen LogP contribution in [0.1, 0.15) is 27.7 Å². The van der Waals surface area contributed by atoms with Crippen molar-refractivity contribution in [3.8, 4) is 0 Å². The quantitative estimate of drug-likeness (QED) is 0.586. The van der Waals surface area contributed by atoms with Gasteiger partial charge < -0.3 is 0 Å². The molecule has 0 fully saturated rings. The predicted molar refractivity (Wildman–Crippen MR) is 56.3 cm³/mol. The molecule has 0 radical (unpaired) electrons. The Bertz CT molecular complexity index is 52.1. The predicted octanol–water partition coefficient (Wildman–Crippen LogP) is 3.51. The maximum absolute atomic E-state index is 2.35. The third kappa shape index (κ3) is 3.21. The van der Waals surface area contributed by atoms with E-state index in [1.165, 1.54) is 24.6 Å². The highest BCUT2D eigenvalue weighted by molar-refractivity contribution is 7.75. The molecule has 0 aromatic carbocycles. The molecule has 0 aliphatic rings. The maximum atomic E-state index is 2.35. The molecule has 2 heteroatoms. The highest BCUT2D eigenvalue weighted by Gasteiger charge is 2.27. The Morgan fingerprint density at radius 2 is 0.900 bits per heavy atom. The SMILES string of the molecule is CC[P+](CC)(CC)CC.Cl. The molecule has 0 atom stereocenters. The van der Waals surface area contributed by atoms with Crippen molar-refractivity contribution in [2.45, 2.75) is 27.7 Å². The first kappa shape index (κ1) is 13.3. The fourth-order valence-electron chi connectivity index (χ4n) is 1.34. The highest BCUT2D eigenvalue weighted by atomic mass is 35.5. The van der Waals surface area contributed by atoms with Crippen molar-refractivity contribution in [2.75, 3.05) is 24.6 Å². The standard InChI is InChI=1S/C8H20P.ClH/c1-5-9(6-2,7-3)8-4;/h5-8H2,1-4H3;1H/q+1;. The van der Waals surface area contributed by atoms with Gasteiger partial charge in [0.15, 0.2) is 0 Å². The summed E-state index contributed by atoms with van der Waals surface area (Å²) >= 11 is 0. The second kappa shape index (κ2) is 6.43. The van der Waals surface area contributed by atoms with Crippen LogP contribution < -0.4 is 0 Å². The lowest BCUT2D eigenvalue weighted by Crippen LogP contribution is -2.04. The average molecular weight is 184 g/mol. The fraction of sp³-hybridized carbons (Fsp3) is 1.00. The molecule has 0 spiro atoms. The Hall–Kier alpha value is 0.720. The number of rotatable bonds is 4. The third-order valence-corrected chi connectivity index (χ3v) is 8.05. The molecule has 0 unspecified atom stereocenters. The van der Waals surface area contributed by atoms with Gasteiger partial charge in [-0.15, -0.1) is 12.4 Å². The Morgan fingerprint density at radius 1 is 0.700 bits per heavy atom. The second-order valence-corrected chi connectivity index (χ2v) is 7.82. The van der Waals surface area contributed by atoms with Crippen molar-refractivity contribution in [2.24, 2.45) is 0 Å². The first-order chi connectivity index (χ1) is 4.24. The normalized spacial score (nSPS) is 10.8. The lowest BCUT2D eigenvalue weighted by atomic mass is 10.9. The van der Waals surface area contributed by atoms with Crippen LogP contribution in [0.25, 0.3) is 0 Å². The van der Waals surface area contributed by atoms with Crippen LogP contribution >= 0.6 is 19.7 Å². The van der Waals surface area contributed by atoms with Gasteiger partial charge in [-0.05, 0) is 27.7 Å². The smallest absolute Gasteiger partial charge is 0.0565 e. The first-order valence-electron chi connectivity index (χ1n) is 4.09. The minimum atomic E-state index is -0.420. The van der Waals surface area contributed by atoms with Crippen LogP contribution in [-0.2, 0) is 0 Å². The molecule has 64 valence electrons. The van der Waals surface area contributed by atoms with Crippen molar-refractivity contribution in [1.29, 1.82) is 0 Å². The molecule has 0 nitrogen and oxygen atoms in total. The van der Waals surface area contributed by atoms with Crippen LogP contribution in [0.3, 0.4) is 0 Å². The molecular weight excluding hydrogens is 163 g/mol. The van der Waals surface area contributed by atoms with E-state index in [9.17, 15) is 0 Å². The van der Waals surface area contributed by atoms with Gasteiger partial charge >= 0.3 is 0 Å². The van der Waals surface area contributed by atoms with E-state index < -0.39 is 7.26 Å². The van der Waals surface area contributed by atoms with E-state index in [0.29, 0.717) is 0 Å². The molecule has 0 amide bonds. The lowest BCUT2D eigenvalue weighted by molar-refractivity contribution is 1.25. The van der Waals surface area contributed by atoms with Gasteiger partial charge in [0.05, 0.1) is 24.6 Å². The van der Waals surface area contributed by atoms with Crippen molar-refractivity contribution in [1.82, 2.24) is 0 Å². The van der Waals surface area contributed by atoms with Crippen LogP contribution in [0, 0.1) is 0 Å². The molecule has 0 N–H and O–H groups in total. The number of hydrogen-bond donors (Lipinski definition) is 0. The van der Waals surface area contributed by atoms with E-state index in [2.05, 4.69) is 27.7 Å². The van der Waals surface area contributed by atoms with Crippen molar-refractivity contribution in [3.05, 3.63) is 0 Å². The summed E-state index contributed by atoms with van der Waals surface area (Å²) in [4.78, 5) is 0. The lowest BCUT2D eigenvalue weighted by Gasteiger charge is -2.20. The van der Waals surface area contributed by atoms with Crippen LogP contribution in [-0.4, -0.2) is 24.6 Å². The first-order valence-corrected chi connectivity index (χ1v) is 6.62. The van der Waals surface area contributed by atoms with Gasteiger partial charge in [0.2, 0.25) is 0 Å². The molecule has 0 saturated carbocycles. The van der Waals surface area contributed by atoms with Gasteiger partial charge in [0.25, 0.3) is 0 Å². The molecule has 0 bridgehead atoms. The third-order valence-electron chi connectivity index (χ3n) is 2.68. The molecule has 10 heavy (non-hydrogen) atoms. The molecule has 0 aliphatic heterocycles. The van der Waals surface area contributed by atoms with Crippen molar-refractivity contribution >= 4 is 19.7 Å². The van der Waals surface area contributed by atoms with Crippen molar-refractivity contribution in [3.63, 3.8) is 0 Å². The summed E-state index contributed by atoms with van der Waals surface area (Å²) in [6.07, 6.45) is 5.82. The van der Waals surface area contributed by atoms with E-state index in [4.69, 9.17) is 0 Å². The Balaban J connectivity index is 0. The van der Waals surface area contributed by atoms with Crippen LogP contribution in [0.15, 0.2) is 0 Å². The van der Waals surface area contributed by atoms with Gasteiger partial charge in [0.1, 0.15) is 0 Å². The van der Waals surface area contributed by atoms with E-state index in [1.54, 1.807) is 0 Å². The summed E-state index contributed by atoms with van der Waals surface area (Å²) in [7, 11) is -0.420. The van der Waals surface area contributed by atoms with E-state index in [1.807, 2.05) is 0 Å². The van der Waals surface area contributed by atoms with E-state index in [-0.39, 0.29) is 12.4 Å². The Labute approximate surface area is 72.5 Å². The summed E-state index contributed by atoms with van der Waals surface area (Å²) in [6, 6.07) is 0. The zero-order valence-electron chi connectivity index (χ0n) is 7.68. The number of hydrogen-bond acceptors (Lipinski definition) is 0. The molecular formula is C8H21ClP+. The van der Waals surface area contributed by atoms with Crippen LogP contribution in [0.2, 0.25) is 0 Å². The Morgan fingerprint density at radius 3 is 0.900 bits per heavy atom. The van der Waals surface area contributed by atoms with Crippen LogP contribution in [0.5, 0.6) is 0 Å². The van der Waals surface area contributed by atoms with Gasteiger partial charge in [-0.1, -0.05) is 0 Å². The van der Waals surface area contributed by atoms with Crippen LogP contribution in [0.4, 0.5) is 0 Å². The van der Waals surface area contributed by atoms with Gasteiger partial charge in [-0.3, -0.25) is 0 Å². The minimum Gasteiger partial charge on any atom is -0.147 e. The topological polar surface area (TPSA) is 0 Å². The van der Waals surface area contributed by atoms with Crippen molar-refractivity contribution < 1.29 is 0 Å². The zero-order chi connectivity index (χ0) is 7.33. The Kier molecular flexibility index (Phi) is 8.57. The molecule has 0 saturated heterocycles. The fourth-order valence-corrected chi connectivity index (χ4v) is 4.02. The largest absolute Gasteiger partial charge is 0.147 e. The zero-order valence-corrected chi connectivity index (χ0v) is 9.39. The van der Waals surface area contributed by atoms with Gasteiger partial charge in [0, 0.05) is 7.26 Å². The summed E-state index contributed by atoms with van der Waals surface area (Å²) in [6.45, 7) is 9.41. The highest BCUT2D eigenvalue weighted by Crippen LogP contribution is 2.57. The van der Waals surface area contributed by atoms with Gasteiger partial charge in [-0.25, -0.2) is 0 Å². The molecule has 0 rings (SSSR count). The summed E-state index contributed by atoms with van der Waals surface area (Å²) in [5.74, 6) is 0. The van der Waals surface area contributed by atoms with E-state index >= 15 is 0 Å². The monoisotopic (exact) mass is 183 g/mol. The summed E-state index contributed by atoms with van der Waals surface area (Å²) in [5, 5.41) is 0. The molecule has 0 aromatic rings. The number of halogens is 1. The van der Waals surface area contributed by atoms with Gasteiger partial charge in [-0.2, -0.15) is 0 Å². The average Bonchev–Trinajstić information content (AvgIpc) is 1.95. The maximum Gasteiger partial charge on any atom is 0.0565 e. The minimum absolute atomic E-state index is 0. The molecule has 0 aliphatic carbocycles. The van der Waals surface area contributed by atoms with E-state index in [0.717, 1.165) is 0 Å². The summed E-state index contributed by atoms with van der Waals surface area (Å²) in [5.41, 5.74) is 0. The molecule has 0 aromatic heterocycles.